The molecular formula is C21H19Cl4N3O5S. The number of nitrogens with zero attached hydrogens (tertiary/aromatic N) is 2. The molecule has 8 nitrogen and oxygen atoms in total. The summed E-state index contributed by atoms with van der Waals surface area (Å²) in [5, 5.41) is 6.24. The minimum Gasteiger partial charge on any atom is -0.460 e. The molecule has 2 saturated heterocycles. The van der Waals surface area contributed by atoms with E-state index in [0.717, 1.165) is 0 Å². The van der Waals surface area contributed by atoms with Crippen molar-refractivity contribution < 1.29 is 23.6 Å². The highest BCUT2D eigenvalue weighted by Crippen LogP contribution is 2.45. The maximum absolute atomic E-state index is 13.1. The fraction of sp³-hybridized carbons (Fsp3) is 0.429. The van der Waals surface area contributed by atoms with Crippen molar-refractivity contribution in [3.63, 3.8) is 0 Å². The van der Waals surface area contributed by atoms with Gasteiger partial charge in [-0.2, -0.15) is 0 Å². The first-order chi connectivity index (χ1) is 15.9. The number of rotatable bonds is 5. The van der Waals surface area contributed by atoms with Gasteiger partial charge in [0.25, 0.3) is 5.91 Å². The molecule has 0 unspecified atom stereocenters. The van der Waals surface area contributed by atoms with Crippen LogP contribution in [0.3, 0.4) is 0 Å². The Kier molecular flexibility index (Phi) is 7.05. The van der Waals surface area contributed by atoms with Gasteiger partial charge in [0.05, 0.1) is 4.87 Å². The zero-order chi connectivity index (χ0) is 24.8. The topological polar surface area (TPSA) is 102 Å². The summed E-state index contributed by atoms with van der Waals surface area (Å²) in [7, 11) is 0. The minimum atomic E-state index is -1.80. The Balaban J connectivity index is 1.52. The average Bonchev–Trinajstić information content (AvgIpc) is 3.16. The SMILES string of the molecule is Cc1onc(-c2ccccc2)c1C(=O)N[C@@H]1C(=O)N2[C@@H](C(=O)OCC(Cl)(Cl)Cl)[C@](C)(Cl)CS[C@@H]12. The van der Waals surface area contributed by atoms with Crippen LogP contribution in [0.4, 0.5) is 0 Å². The molecule has 3 heterocycles. The molecular weight excluding hydrogens is 548 g/mol. The maximum atomic E-state index is 13.1. The van der Waals surface area contributed by atoms with Gasteiger partial charge >= 0.3 is 5.97 Å². The number of aromatic nitrogens is 1. The van der Waals surface area contributed by atoms with Gasteiger partial charge in [-0.3, -0.25) is 9.59 Å². The Hall–Kier alpha value is -1.65. The second-order valence-corrected chi connectivity index (χ2v) is 12.6. The van der Waals surface area contributed by atoms with E-state index in [4.69, 9.17) is 55.7 Å². The molecule has 34 heavy (non-hydrogen) atoms. The lowest BCUT2D eigenvalue weighted by Gasteiger charge is -2.56. The predicted molar refractivity (Wildman–Crippen MR) is 130 cm³/mol. The number of hydrogen-bond donors (Lipinski definition) is 1. The van der Waals surface area contributed by atoms with Crippen molar-refractivity contribution in [1.29, 1.82) is 0 Å². The van der Waals surface area contributed by atoms with Crippen molar-refractivity contribution in [2.24, 2.45) is 0 Å². The van der Waals surface area contributed by atoms with Crippen molar-refractivity contribution >= 4 is 75.9 Å². The first kappa shape index (κ1) is 25.4. The van der Waals surface area contributed by atoms with Crippen molar-refractivity contribution in [1.82, 2.24) is 15.4 Å². The fourth-order valence-electron chi connectivity index (χ4n) is 3.92. The number of benzene rings is 1. The summed E-state index contributed by atoms with van der Waals surface area (Å²) in [4.78, 5) is 39.2. The van der Waals surface area contributed by atoms with Crippen molar-refractivity contribution in [3.8, 4) is 11.3 Å². The Morgan fingerprint density at radius 3 is 2.65 bits per heavy atom. The average molecular weight is 567 g/mol. The Bertz CT molecular complexity index is 1120. The number of ether oxygens (including phenoxy) is 1. The first-order valence-electron chi connectivity index (χ1n) is 10.1. The van der Waals surface area contributed by atoms with E-state index in [1.807, 2.05) is 18.2 Å². The molecule has 2 aliphatic heterocycles. The number of halogens is 4. The molecule has 2 aromatic rings. The van der Waals surface area contributed by atoms with Crippen LogP contribution < -0.4 is 5.32 Å². The Labute approximate surface area is 219 Å². The predicted octanol–water partition coefficient (Wildman–Crippen LogP) is 3.94. The smallest absolute Gasteiger partial charge is 0.330 e. The molecule has 0 spiro atoms. The standard InChI is InChI=1S/C21H19Cl4N3O5S/c1-10-12(13(27-33-10)11-6-4-3-5-7-11)16(29)26-14-17(30)28-15(19(31)32-8-21(23,24)25)20(2,22)9-34-18(14)28/h3-7,14-15,18H,8-9H2,1-2H3,(H,26,29)/t14-,15+,18+,20-/m1/s1. The molecule has 0 aliphatic carbocycles. The van der Waals surface area contributed by atoms with E-state index in [1.54, 1.807) is 26.0 Å². The van der Waals surface area contributed by atoms with Crippen LogP contribution in [0.5, 0.6) is 0 Å². The van der Waals surface area contributed by atoms with Gasteiger partial charge in [-0.15, -0.1) is 23.4 Å². The molecule has 0 saturated carbocycles. The van der Waals surface area contributed by atoms with Crippen LogP contribution >= 0.6 is 58.2 Å². The molecule has 0 bridgehead atoms. The number of esters is 1. The maximum Gasteiger partial charge on any atom is 0.330 e. The molecule has 4 rings (SSSR count). The number of hydrogen-bond acceptors (Lipinski definition) is 7. The molecule has 0 radical (unpaired) electrons. The summed E-state index contributed by atoms with van der Waals surface area (Å²) in [6.07, 6.45) is 0. The van der Waals surface area contributed by atoms with E-state index in [9.17, 15) is 14.4 Å². The summed E-state index contributed by atoms with van der Waals surface area (Å²) >= 11 is 24.9. The minimum absolute atomic E-state index is 0.235. The molecule has 2 fully saturated rings. The third-order valence-electron chi connectivity index (χ3n) is 5.49. The molecule has 2 amide bonds. The fourth-order valence-corrected chi connectivity index (χ4v) is 5.89. The van der Waals surface area contributed by atoms with Crippen LogP contribution in [-0.2, 0) is 14.3 Å². The number of β-lactam (4-membered cyclic amide) rings is 1. The normalized spacial score (nSPS) is 26.5. The molecule has 182 valence electrons. The van der Waals surface area contributed by atoms with Crippen LogP contribution in [-0.4, -0.2) is 66.3 Å². The van der Waals surface area contributed by atoms with Crippen molar-refractivity contribution in [3.05, 3.63) is 41.7 Å². The molecule has 1 N–H and O–H groups in total. The zero-order valence-corrected chi connectivity index (χ0v) is 21.7. The van der Waals surface area contributed by atoms with Gasteiger partial charge in [0.1, 0.15) is 35.0 Å². The number of aryl methyl sites for hydroxylation is 1. The number of amides is 2. The van der Waals surface area contributed by atoms with E-state index < -0.39 is 50.5 Å². The molecule has 2 aliphatic rings. The summed E-state index contributed by atoms with van der Waals surface area (Å²) in [5.41, 5.74) is 1.31. The summed E-state index contributed by atoms with van der Waals surface area (Å²) in [6, 6.07) is 7.11. The summed E-state index contributed by atoms with van der Waals surface area (Å²) in [5.74, 6) is -1.12. The third kappa shape index (κ3) is 4.86. The molecule has 4 atom stereocenters. The van der Waals surface area contributed by atoms with E-state index in [0.29, 0.717) is 22.8 Å². The first-order valence-corrected chi connectivity index (χ1v) is 12.7. The van der Waals surface area contributed by atoms with E-state index in [2.05, 4.69) is 10.5 Å². The van der Waals surface area contributed by atoms with Crippen LogP contribution in [0, 0.1) is 6.92 Å². The number of carbonyl (C=O) groups excluding carboxylic acids is 3. The lowest BCUT2D eigenvalue weighted by molar-refractivity contribution is -0.166. The van der Waals surface area contributed by atoms with E-state index in [1.165, 1.54) is 16.7 Å². The number of fused-ring (bicyclic) bond motifs is 1. The molecule has 13 heteroatoms. The van der Waals surface area contributed by atoms with Crippen LogP contribution in [0.1, 0.15) is 23.0 Å². The zero-order valence-electron chi connectivity index (χ0n) is 17.9. The summed E-state index contributed by atoms with van der Waals surface area (Å²) < 4.78 is 8.55. The lowest BCUT2D eigenvalue weighted by Crippen LogP contribution is -2.78. The highest BCUT2D eigenvalue weighted by Gasteiger charge is 2.61. The highest BCUT2D eigenvalue weighted by atomic mass is 35.6. The Morgan fingerprint density at radius 2 is 2.00 bits per heavy atom. The van der Waals surface area contributed by atoms with Gasteiger partial charge in [-0.05, 0) is 13.8 Å². The number of nitrogens with one attached hydrogen (secondary N) is 1. The van der Waals surface area contributed by atoms with Crippen LogP contribution in [0.15, 0.2) is 34.9 Å². The van der Waals surface area contributed by atoms with Crippen molar-refractivity contribution in [2.45, 2.75) is 40.0 Å². The monoisotopic (exact) mass is 565 g/mol. The van der Waals surface area contributed by atoms with Crippen LogP contribution in [0.25, 0.3) is 11.3 Å². The number of alkyl halides is 4. The highest BCUT2D eigenvalue weighted by molar-refractivity contribution is 8.00. The number of thioether (sulfide) groups is 1. The molecule has 1 aromatic carbocycles. The largest absolute Gasteiger partial charge is 0.460 e. The van der Waals surface area contributed by atoms with Gasteiger partial charge in [-0.25, -0.2) is 4.79 Å². The van der Waals surface area contributed by atoms with Crippen LogP contribution in [0.2, 0.25) is 0 Å². The van der Waals surface area contributed by atoms with Crippen molar-refractivity contribution in [2.75, 3.05) is 12.4 Å². The van der Waals surface area contributed by atoms with E-state index >= 15 is 0 Å². The van der Waals surface area contributed by atoms with Gasteiger partial charge < -0.3 is 19.5 Å². The second-order valence-electron chi connectivity index (χ2n) is 8.13. The third-order valence-corrected chi connectivity index (χ3v) is 7.92. The second kappa shape index (κ2) is 9.43. The lowest BCUT2D eigenvalue weighted by atomic mass is 9.93. The number of carbonyl (C=O) groups is 3. The quantitative estimate of drug-likeness (QED) is 0.332. The summed E-state index contributed by atoms with van der Waals surface area (Å²) in [6.45, 7) is 2.76. The Morgan fingerprint density at radius 1 is 1.32 bits per heavy atom. The van der Waals surface area contributed by atoms with Gasteiger partial charge in [0.15, 0.2) is 6.04 Å². The van der Waals surface area contributed by atoms with E-state index in [-0.39, 0.29) is 5.56 Å². The van der Waals surface area contributed by atoms with Gasteiger partial charge in [-0.1, -0.05) is 70.3 Å². The van der Waals surface area contributed by atoms with Gasteiger partial charge in [0.2, 0.25) is 9.70 Å². The molecule has 1 aromatic heterocycles. The van der Waals surface area contributed by atoms with Gasteiger partial charge in [0, 0.05) is 11.3 Å².